The van der Waals surface area contributed by atoms with Gasteiger partial charge >= 0.3 is 5.97 Å². The maximum Gasteiger partial charge on any atom is 0.306 e. The van der Waals surface area contributed by atoms with E-state index in [1.807, 2.05) is 0 Å². The van der Waals surface area contributed by atoms with Gasteiger partial charge in [0.1, 0.15) is 17.1 Å². The number of fused-ring (bicyclic) bond motifs is 1. The van der Waals surface area contributed by atoms with Gasteiger partial charge in [0, 0.05) is 0 Å². The van der Waals surface area contributed by atoms with Crippen LogP contribution in [0.25, 0.3) is 11.0 Å². The van der Waals surface area contributed by atoms with Gasteiger partial charge in [-0.15, -0.1) is 0 Å². The molecule has 0 aliphatic rings. The van der Waals surface area contributed by atoms with E-state index in [-0.39, 0.29) is 0 Å². The molecule has 4 N–H and O–H groups in total. The van der Waals surface area contributed by atoms with Gasteiger partial charge in [-0.05, 0) is 17.7 Å². The molecule has 7 nitrogen and oxygen atoms in total. The van der Waals surface area contributed by atoms with Crippen molar-refractivity contribution in [2.75, 3.05) is 0 Å². The van der Waals surface area contributed by atoms with E-state index in [9.17, 15) is 15.0 Å². The topological polar surface area (TPSA) is 119 Å². The second-order valence-electron chi connectivity index (χ2n) is 3.68. The van der Waals surface area contributed by atoms with Crippen LogP contribution in [0.15, 0.2) is 18.2 Å². The van der Waals surface area contributed by atoms with E-state index in [2.05, 4.69) is 15.4 Å². The Morgan fingerprint density at radius 3 is 2.71 bits per heavy atom. The van der Waals surface area contributed by atoms with E-state index >= 15 is 0 Å². The van der Waals surface area contributed by atoms with E-state index in [1.165, 1.54) is 0 Å². The van der Waals surface area contributed by atoms with Crippen molar-refractivity contribution in [2.24, 2.45) is 0 Å². The first-order chi connectivity index (χ1) is 8.08. The smallest absolute Gasteiger partial charge is 0.306 e. The zero-order valence-corrected chi connectivity index (χ0v) is 8.74. The number of aliphatic hydroxyl groups is 2. The number of carbonyl (C=O) groups is 1. The summed E-state index contributed by atoms with van der Waals surface area (Å²) in [6.45, 7) is 0. The summed E-state index contributed by atoms with van der Waals surface area (Å²) >= 11 is 0. The summed E-state index contributed by atoms with van der Waals surface area (Å²) < 4.78 is 0. The predicted molar refractivity (Wildman–Crippen MR) is 57.1 cm³/mol. The minimum Gasteiger partial charge on any atom is -0.481 e. The van der Waals surface area contributed by atoms with Crippen molar-refractivity contribution >= 4 is 17.0 Å². The Labute approximate surface area is 95.7 Å². The Bertz CT molecular complexity index is 539. The molecule has 2 atom stereocenters. The van der Waals surface area contributed by atoms with Crippen molar-refractivity contribution in [3.63, 3.8) is 0 Å². The van der Waals surface area contributed by atoms with Crippen molar-refractivity contribution in [3.05, 3.63) is 23.8 Å². The largest absolute Gasteiger partial charge is 0.481 e. The number of hydrogen-bond acceptors (Lipinski definition) is 5. The summed E-state index contributed by atoms with van der Waals surface area (Å²) in [6, 6.07) is 4.75. The van der Waals surface area contributed by atoms with Gasteiger partial charge in [-0.25, -0.2) is 0 Å². The molecule has 0 aliphatic heterocycles. The van der Waals surface area contributed by atoms with Crippen LogP contribution >= 0.6 is 0 Å². The van der Waals surface area contributed by atoms with Crippen molar-refractivity contribution in [1.82, 2.24) is 15.4 Å². The van der Waals surface area contributed by atoms with Gasteiger partial charge in [0.05, 0.1) is 12.5 Å². The number of hydrogen-bond donors (Lipinski definition) is 4. The number of aromatic nitrogens is 3. The molecule has 0 aliphatic carbocycles. The average Bonchev–Trinajstić information content (AvgIpc) is 2.73. The normalized spacial score (nSPS) is 14.7. The van der Waals surface area contributed by atoms with E-state index in [0.717, 1.165) is 0 Å². The Balaban J connectivity index is 2.23. The number of carboxylic acids is 1. The molecule has 7 heteroatoms. The number of benzene rings is 1. The number of aromatic amines is 1. The monoisotopic (exact) mass is 237 g/mol. The number of aliphatic carboxylic acids is 1. The van der Waals surface area contributed by atoms with E-state index in [1.54, 1.807) is 18.2 Å². The van der Waals surface area contributed by atoms with Crippen LogP contribution in [0.4, 0.5) is 0 Å². The number of carboxylic acid groups (broad SMARTS) is 1. The van der Waals surface area contributed by atoms with Crippen LogP contribution in [0, 0.1) is 0 Å². The van der Waals surface area contributed by atoms with Gasteiger partial charge in [0.15, 0.2) is 0 Å². The van der Waals surface area contributed by atoms with E-state index < -0.39 is 24.6 Å². The van der Waals surface area contributed by atoms with Gasteiger partial charge in [0.25, 0.3) is 0 Å². The summed E-state index contributed by atoms with van der Waals surface area (Å²) in [7, 11) is 0. The van der Waals surface area contributed by atoms with Crippen LogP contribution in [0.3, 0.4) is 0 Å². The number of nitrogens with zero attached hydrogens (tertiary/aromatic N) is 2. The van der Waals surface area contributed by atoms with Gasteiger partial charge in [0.2, 0.25) is 0 Å². The number of nitrogens with one attached hydrogen (secondary N) is 1. The van der Waals surface area contributed by atoms with Crippen molar-refractivity contribution in [1.29, 1.82) is 0 Å². The molecule has 0 amide bonds. The van der Waals surface area contributed by atoms with Crippen LogP contribution < -0.4 is 0 Å². The molecule has 0 bridgehead atoms. The molecule has 0 spiro atoms. The Morgan fingerprint density at radius 1 is 1.29 bits per heavy atom. The van der Waals surface area contributed by atoms with Crippen molar-refractivity contribution in [3.8, 4) is 0 Å². The van der Waals surface area contributed by atoms with Crippen LogP contribution in [0.2, 0.25) is 0 Å². The molecule has 2 rings (SSSR count). The minimum absolute atomic E-state index is 0.403. The molecular weight excluding hydrogens is 226 g/mol. The first kappa shape index (κ1) is 11.5. The Hall–Kier alpha value is -1.99. The molecule has 90 valence electrons. The zero-order chi connectivity index (χ0) is 12.4. The van der Waals surface area contributed by atoms with Crippen molar-refractivity contribution < 1.29 is 20.1 Å². The maximum atomic E-state index is 10.4. The zero-order valence-electron chi connectivity index (χ0n) is 8.74. The quantitative estimate of drug-likeness (QED) is 0.586. The van der Waals surface area contributed by atoms with Gasteiger partial charge in [-0.1, -0.05) is 6.07 Å². The number of H-pyrrole nitrogens is 1. The third kappa shape index (κ3) is 2.40. The molecule has 2 unspecified atom stereocenters. The lowest BCUT2D eigenvalue weighted by Gasteiger charge is -2.16. The fourth-order valence-electron chi connectivity index (χ4n) is 1.55. The molecule has 0 radical (unpaired) electrons. The summed E-state index contributed by atoms with van der Waals surface area (Å²) in [5.41, 5.74) is 1.58. The highest BCUT2D eigenvalue weighted by molar-refractivity contribution is 5.74. The maximum absolute atomic E-state index is 10.4. The molecule has 1 aromatic carbocycles. The third-order valence-corrected chi connectivity index (χ3v) is 2.43. The fraction of sp³-hybridized carbons (Fsp3) is 0.300. The first-order valence-electron chi connectivity index (χ1n) is 4.96. The summed E-state index contributed by atoms with van der Waals surface area (Å²) in [5.74, 6) is -1.17. The second kappa shape index (κ2) is 4.48. The molecule has 0 fully saturated rings. The summed E-state index contributed by atoms with van der Waals surface area (Å²) in [6.07, 6.45) is -3.12. The van der Waals surface area contributed by atoms with Crippen LogP contribution in [-0.2, 0) is 4.79 Å². The first-order valence-corrected chi connectivity index (χ1v) is 4.96. The highest BCUT2D eigenvalue weighted by Gasteiger charge is 2.21. The lowest BCUT2D eigenvalue weighted by Crippen LogP contribution is -2.21. The third-order valence-electron chi connectivity index (χ3n) is 2.43. The van der Waals surface area contributed by atoms with Gasteiger partial charge < -0.3 is 15.3 Å². The van der Waals surface area contributed by atoms with Crippen LogP contribution in [0.1, 0.15) is 18.1 Å². The molecule has 1 heterocycles. The average molecular weight is 237 g/mol. The highest BCUT2D eigenvalue weighted by atomic mass is 16.4. The van der Waals surface area contributed by atoms with Crippen LogP contribution in [0.5, 0.6) is 0 Å². The molecular formula is C10H11N3O4. The fourth-order valence-corrected chi connectivity index (χ4v) is 1.55. The molecule has 0 saturated carbocycles. The van der Waals surface area contributed by atoms with Gasteiger partial charge in [-0.3, -0.25) is 4.79 Å². The minimum atomic E-state index is -1.35. The van der Waals surface area contributed by atoms with Gasteiger partial charge in [-0.2, -0.15) is 15.4 Å². The Morgan fingerprint density at radius 2 is 2.00 bits per heavy atom. The molecule has 0 saturated heterocycles. The number of rotatable bonds is 4. The lowest BCUT2D eigenvalue weighted by molar-refractivity contribution is -0.141. The molecule has 2 aromatic rings. The summed E-state index contributed by atoms with van der Waals surface area (Å²) in [4.78, 5) is 10.4. The Kier molecular flexibility index (Phi) is 3.03. The molecule has 1 aromatic heterocycles. The summed E-state index contributed by atoms with van der Waals surface area (Å²) in [5, 5.41) is 37.9. The van der Waals surface area contributed by atoms with Crippen LogP contribution in [-0.4, -0.2) is 42.8 Å². The standard InChI is InChI=1S/C10H11N3O4/c14-8(4-9(15)16)10(17)5-1-2-6-7(3-5)12-13-11-6/h1-3,8,10,14,17H,4H2,(H,15,16)(H,11,12,13). The SMILES string of the molecule is O=C(O)CC(O)C(O)c1ccc2n[nH]nc2c1. The van der Waals surface area contributed by atoms with E-state index in [4.69, 9.17) is 5.11 Å². The number of aliphatic hydroxyl groups excluding tert-OH is 2. The van der Waals surface area contributed by atoms with E-state index in [0.29, 0.717) is 16.6 Å². The second-order valence-corrected chi connectivity index (χ2v) is 3.68. The highest BCUT2D eigenvalue weighted by Crippen LogP contribution is 2.21. The lowest BCUT2D eigenvalue weighted by atomic mass is 10.0. The molecule has 17 heavy (non-hydrogen) atoms. The van der Waals surface area contributed by atoms with Crippen molar-refractivity contribution in [2.45, 2.75) is 18.6 Å². The predicted octanol–water partition coefficient (Wildman–Crippen LogP) is -0.173.